The van der Waals surface area contributed by atoms with Crippen LogP contribution >= 0.6 is 0 Å². The minimum atomic E-state index is 0.417. The summed E-state index contributed by atoms with van der Waals surface area (Å²) in [5.74, 6) is 7.22. The van der Waals surface area contributed by atoms with E-state index in [-0.39, 0.29) is 0 Å². The van der Waals surface area contributed by atoms with Crippen molar-refractivity contribution < 1.29 is 0 Å². The van der Waals surface area contributed by atoms with Gasteiger partial charge in [-0.1, -0.05) is 20.8 Å². The molecule has 1 unspecified atom stereocenters. The zero-order chi connectivity index (χ0) is 8.85. The minimum absolute atomic E-state index is 0.417. The monoisotopic (exact) mass is 157 g/mol. The number of aliphatic imine (C=N–C) groups is 1. The van der Waals surface area contributed by atoms with E-state index in [1.54, 1.807) is 0 Å². The number of amidine groups is 1. The molecule has 0 fully saturated rings. The summed E-state index contributed by atoms with van der Waals surface area (Å²) in [4.78, 5) is 4.24. The van der Waals surface area contributed by atoms with E-state index in [2.05, 4.69) is 31.2 Å². The van der Waals surface area contributed by atoms with Crippen LogP contribution in [0.3, 0.4) is 0 Å². The SMILES string of the molecule is CCN=C(NN)C(C)C(C)C. The van der Waals surface area contributed by atoms with Crippen LogP contribution in [-0.4, -0.2) is 12.4 Å². The van der Waals surface area contributed by atoms with Crippen molar-refractivity contribution in [2.45, 2.75) is 27.7 Å². The van der Waals surface area contributed by atoms with Crippen LogP contribution in [0, 0.1) is 11.8 Å². The van der Waals surface area contributed by atoms with Gasteiger partial charge in [0.05, 0.1) is 0 Å². The molecular weight excluding hydrogens is 138 g/mol. The van der Waals surface area contributed by atoms with E-state index in [1.165, 1.54) is 0 Å². The van der Waals surface area contributed by atoms with Crippen LogP contribution in [0.4, 0.5) is 0 Å². The molecule has 0 rings (SSSR count). The van der Waals surface area contributed by atoms with Crippen molar-refractivity contribution in [3.05, 3.63) is 0 Å². The van der Waals surface area contributed by atoms with Gasteiger partial charge in [-0.05, 0) is 12.8 Å². The van der Waals surface area contributed by atoms with Crippen molar-refractivity contribution >= 4 is 5.84 Å². The summed E-state index contributed by atoms with van der Waals surface area (Å²) in [6.07, 6.45) is 0. The summed E-state index contributed by atoms with van der Waals surface area (Å²) in [7, 11) is 0. The maximum atomic E-state index is 5.32. The lowest BCUT2D eigenvalue weighted by atomic mass is 9.97. The molecule has 3 heteroatoms. The Morgan fingerprint density at radius 2 is 2.00 bits per heavy atom. The lowest BCUT2D eigenvalue weighted by Crippen LogP contribution is -2.37. The van der Waals surface area contributed by atoms with Gasteiger partial charge in [-0.25, -0.2) is 5.84 Å². The Morgan fingerprint density at radius 3 is 2.27 bits per heavy atom. The fourth-order valence-electron chi connectivity index (χ4n) is 0.807. The van der Waals surface area contributed by atoms with E-state index in [1.807, 2.05) is 6.92 Å². The molecule has 0 bridgehead atoms. The lowest BCUT2D eigenvalue weighted by molar-refractivity contribution is 0.518. The molecule has 0 heterocycles. The van der Waals surface area contributed by atoms with Crippen LogP contribution in [0.2, 0.25) is 0 Å². The van der Waals surface area contributed by atoms with Gasteiger partial charge in [0.2, 0.25) is 0 Å². The second-order valence-electron chi connectivity index (χ2n) is 3.04. The largest absolute Gasteiger partial charge is 0.312 e. The third-order valence-corrected chi connectivity index (χ3v) is 1.91. The van der Waals surface area contributed by atoms with Crippen LogP contribution in [0.15, 0.2) is 4.99 Å². The average molecular weight is 157 g/mol. The highest BCUT2D eigenvalue weighted by atomic mass is 15.3. The number of hydrogen-bond acceptors (Lipinski definition) is 2. The predicted molar refractivity (Wildman–Crippen MR) is 49.3 cm³/mol. The quantitative estimate of drug-likeness (QED) is 0.279. The van der Waals surface area contributed by atoms with E-state index in [4.69, 9.17) is 5.84 Å². The van der Waals surface area contributed by atoms with Crippen molar-refractivity contribution in [1.29, 1.82) is 0 Å². The smallest absolute Gasteiger partial charge is 0.113 e. The van der Waals surface area contributed by atoms with Crippen LogP contribution in [0.1, 0.15) is 27.7 Å². The molecule has 1 atom stereocenters. The molecule has 66 valence electrons. The van der Waals surface area contributed by atoms with Crippen LogP contribution in [0.25, 0.3) is 0 Å². The van der Waals surface area contributed by atoms with Crippen molar-refractivity contribution in [2.75, 3.05) is 6.54 Å². The Kier molecular flexibility index (Phi) is 4.86. The fraction of sp³-hybridized carbons (Fsp3) is 0.875. The molecule has 0 amide bonds. The standard InChI is InChI=1S/C8H19N3/c1-5-10-8(11-9)7(4)6(2)3/h6-7H,5,9H2,1-4H3,(H,10,11). The Bertz CT molecular complexity index is 129. The molecular formula is C8H19N3. The molecule has 0 aromatic rings. The lowest BCUT2D eigenvalue weighted by Gasteiger charge is -2.17. The molecule has 0 aliphatic carbocycles. The third kappa shape index (κ3) is 3.37. The summed E-state index contributed by atoms with van der Waals surface area (Å²) >= 11 is 0. The highest BCUT2D eigenvalue weighted by Gasteiger charge is 2.12. The molecule has 0 aliphatic heterocycles. The molecule has 0 aromatic heterocycles. The number of rotatable bonds is 3. The minimum Gasteiger partial charge on any atom is -0.312 e. The van der Waals surface area contributed by atoms with Gasteiger partial charge in [-0.3, -0.25) is 4.99 Å². The van der Waals surface area contributed by atoms with E-state index in [9.17, 15) is 0 Å². The zero-order valence-corrected chi connectivity index (χ0v) is 7.89. The van der Waals surface area contributed by atoms with Crippen LogP contribution < -0.4 is 11.3 Å². The highest BCUT2D eigenvalue weighted by Crippen LogP contribution is 2.09. The van der Waals surface area contributed by atoms with Gasteiger partial charge in [0.25, 0.3) is 0 Å². The fourth-order valence-corrected chi connectivity index (χ4v) is 0.807. The van der Waals surface area contributed by atoms with Gasteiger partial charge in [-0.15, -0.1) is 0 Å². The first-order valence-corrected chi connectivity index (χ1v) is 4.14. The second kappa shape index (κ2) is 5.13. The first-order valence-electron chi connectivity index (χ1n) is 4.14. The molecule has 0 saturated heterocycles. The van der Waals surface area contributed by atoms with Gasteiger partial charge >= 0.3 is 0 Å². The number of hydrazine groups is 1. The first-order chi connectivity index (χ1) is 5.13. The molecule has 11 heavy (non-hydrogen) atoms. The Morgan fingerprint density at radius 1 is 1.45 bits per heavy atom. The number of nitrogens with two attached hydrogens (primary N) is 1. The van der Waals surface area contributed by atoms with E-state index in [0.29, 0.717) is 11.8 Å². The van der Waals surface area contributed by atoms with E-state index in [0.717, 1.165) is 12.4 Å². The molecule has 0 spiro atoms. The van der Waals surface area contributed by atoms with Crippen molar-refractivity contribution in [1.82, 2.24) is 5.43 Å². The number of nitrogens with one attached hydrogen (secondary N) is 1. The molecule has 0 radical (unpaired) electrons. The predicted octanol–water partition coefficient (Wildman–Crippen LogP) is 1.16. The third-order valence-electron chi connectivity index (χ3n) is 1.91. The molecule has 0 aliphatic rings. The summed E-state index contributed by atoms with van der Waals surface area (Å²) in [6, 6.07) is 0. The first kappa shape index (κ1) is 10.4. The van der Waals surface area contributed by atoms with Crippen LogP contribution in [0.5, 0.6) is 0 Å². The summed E-state index contributed by atoms with van der Waals surface area (Å²) < 4.78 is 0. The topological polar surface area (TPSA) is 50.4 Å². The number of nitrogens with zero attached hydrogens (tertiary/aromatic N) is 1. The molecule has 3 nitrogen and oxygen atoms in total. The maximum Gasteiger partial charge on any atom is 0.113 e. The van der Waals surface area contributed by atoms with E-state index < -0.39 is 0 Å². The van der Waals surface area contributed by atoms with Gasteiger partial charge in [0.1, 0.15) is 5.84 Å². The number of hydrogen-bond donors (Lipinski definition) is 2. The Balaban J connectivity index is 4.13. The normalized spacial score (nSPS) is 15.3. The van der Waals surface area contributed by atoms with Gasteiger partial charge in [0, 0.05) is 12.5 Å². The van der Waals surface area contributed by atoms with Crippen LogP contribution in [-0.2, 0) is 0 Å². The summed E-state index contributed by atoms with van der Waals surface area (Å²) in [5.41, 5.74) is 2.63. The van der Waals surface area contributed by atoms with Crippen molar-refractivity contribution in [3.63, 3.8) is 0 Å². The average Bonchev–Trinajstić information content (AvgIpc) is 1.98. The van der Waals surface area contributed by atoms with Gasteiger partial charge in [0.15, 0.2) is 0 Å². The van der Waals surface area contributed by atoms with E-state index >= 15 is 0 Å². The summed E-state index contributed by atoms with van der Waals surface area (Å²) in [6.45, 7) is 9.24. The zero-order valence-electron chi connectivity index (χ0n) is 7.89. The maximum absolute atomic E-state index is 5.32. The summed E-state index contributed by atoms with van der Waals surface area (Å²) in [5, 5.41) is 0. The molecule has 0 aromatic carbocycles. The van der Waals surface area contributed by atoms with Gasteiger partial charge in [-0.2, -0.15) is 0 Å². The second-order valence-corrected chi connectivity index (χ2v) is 3.04. The molecule has 3 N–H and O–H groups in total. The van der Waals surface area contributed by atoms with Crippen molar-refractivity contribution in [2.24, 2.45) is 22.7 Å². The highest BCUT2D eigenvalue weighted by molar-refractivity contribution is 5.83. The molecule has 0 saturated carbocycles. The Hall–Kier alpha value is -0.570. The Labute approximate surface area is 69.0 Å². The van der Waals surface area contributed by atoms with Crippen molar-refractivity contribution in [3.8, 4) is 0 Å². The van der Waals surface area contributed by atoms with Gasteiger partial charge < -0.3 is 5.43 Å².